The number of hydrogen-bond acceptors (Lipinski definition) is 4. The van der Waals surface area contributed by atoms with Crippen molar-refractivity contribution in [2.45, 2.75) is 26.3 Å². The number of carbonyl (C=O) groups is 1. The summed E-state index contributed by atoms with van der Waals surface area (Å²) in [5.74, 6) is 0.823. The number of amides is 2. The van der Waals surface area contributed by atoms with E-state index in [0.717, 1.165) is 18.6 Å². The van der Waals surface area contributed by atoms with Crippen LogP contribution in [0.15, 0.2) is 53.3 Å². The number of carbonyl (C=O) groups excluding carboxylic acids is 1. The zero-order valence-electron chi connectivity index (χ0n) is 17.6. The zero-order valence-corrected chi connectivity index (χ0v) is 17.6. The van der Waals surface area contributed by atoms with E-state index in [0.29, 0.717) is 23.7 Å². The first-order valence-corrected chi connectivity index (χ1v) is 10.2. The van der Waals surface area contributed by atoms with Crippen molar-refractivity contribution in [2.75, 3.05) is 18.5 Å². The molecule has 0 spiro atoms. The Balaban J connectivity index is 1.51. The van der Waals surface area contributed by atoms with Crippen LogP contribution in [-0.2, 0) is 13.6 Å². The molecule has 31 heavy (non-hydrogen) atoms. The third-order valence-corrected chi connectivity index (χ3v) is 4.63. The third-order valence-electron chi connectivity index (χ3n) is 4.63. The van der Waals surface area contributed by atoms with Crippen molar-refractivity contribution in [1.29, 1.82) is 0 Å². The molecule has 0 fully saturated rings. The van der Waals surface area contributed by atoms with Gasteiger partial charge in [0.2, 0.25) is 0 Å². The summed E-state index contributed by atoms with van der Waals surface area (Å²) >= 11 is 0. The Kier molecular flexibility index (Phi) is 7.42. The normalized spacial score (nSPS) is 10.7. The van der Waals surface area contributed by atoms with E-state index in [4.69, 9.17) is 4.74 Å². The molecule has 3 rings (SSSR count). The molecule has 9 heteroatoms. The highest BCUT2D eigenvalue weighted by Crippen LogP contribution is 2.16. The molecule has 0 aliphatic heterocycles. The topological polar surface area (TPSA) is 90.2 Å². The number of nitrogens with zero attached hydrogens (tertiary/aromatic N) is 3. The summed E-state index contributed by atoms with van der Waals surface area (Å²) in [5, 5.41) is 9.72. The Morgan fingerprint density at radius 3 is 2.52 bits per heavy atom. The van der Waals surface area contributed by atoms with Crippen molar-refractivity contribution in [2.24, 2.45) is 7.05 Å². The van der Waals surface area contributed by atoms with Crippen LogP contribution in [0.5, 0.6) is 5.75 Å². The van der Waals surface area contributed by atoms with Crippen molar-refractivity contribution < 1.29 is 13.9 Å². The maximum atomic E-state index is 13.1. The smallest absolute Gasteiger partial charge is 0.345 e. The minimum atomic E-state index is -0.387. The van der Waals surface area contributed by atoms with Crippen molar-refractivity contribution >= 4 is 11.7 Å². The Morgan fingerprint density at radius 2 is 1.84 bits per heavy atom. The first kappa shape index (κ1) is 22.1. The van der Waals surface area contributed by atoms with Gasteiger partial charge in [0.05, 0.1) is 13.2 Å². The van der Waals surface area contributed by atoms with Crippen molar-refractivity contribution in [3.05, 3.63) is 64.8 Å². The van der Waals surface area contributed by atoms with Crippen LogP contribution >= 0.6 is 0 Å². The van der Waals surface area contributed by atoms with Crippen molar-refractivity contribution in [1.82, 2.24) is 19.7 Å². The van der Waals surface area contributed by atoms with Crippen LogP contribution in [0, 0.1) is 5.82 Å². The van der Waals surface area contributed by atoms with Crippen LogP contribution in [0.2, 0.25) is 0 Å². The molecule has 3 aromatic rings. The van der Waals surface area contributed by atoms with Gasteiger partial charge in [-0.05, 0) is 55.0 Å². The summed E-state index contributed by atoms with van der Waals surface area (Å²) in [7, 11) is 1.60. The number of nitrogens with one attached hydrogen (secondary N) is 2. The van der Waals surface area contributed by atoms with Crippen LogP contribution in [0.25, 0.3) is 11.4 Å². The standard InChI is InChI=1S/C22H26FN5O3/c1-3-4-15-31-19-11-9-18(10-12-19)25-21(29)24-13-14-28-22(30)27(2)20(26-28)16-5-7-17(23)8-6-16/h5-12H,3-4,13-15H2,1-2H3,(H2,24,25,29). The second-order valence-corrected chi connectivity index (χ2v) is 7.00. The molecular formula is C22H26FN5O3. The van der Waals surface area contributed by atoms with Crippen molar-refractivity contribution in [3.8, 4) is 17.1 Å². The van der Waals surface area contributed by atoms with Crippen molar-refractivity contribution in [3.63, 3.8) is 0 Å². The molecule has 1 aromatic heterocycles. The van der Waals surface area contributed by atoms with Crippen LogP contribution in [0.1, 0.15) is 19.8 Å². The summed E-state index contributed by atoms with van der Waals surface area (Å²) in [4.78, 5) is 24.5. The number of rotatable bonds is 9. The van der Waals surface area contributed by atoms with Gasteiger partial charge in [0.25, 0.3) is 0 Å². The summed E-state index contributed by atoms with van der Waals surface area (Å²) in [6.45, 7) is 3.18. The Morgan fingerprint density at radius 1 is 1.13 bits per heavy atom. The second kappa shape index (κ2) is 10.4. The molecule has 8 nitrogen and oxygen atoms in total. The Bertz CT molecular complexity index is 1060. The summed E-state index contributed by atoms with van der Waals surface area (Å²) in [6, 6.07) is 12.5. The van der Waals surface area contributed by atoms with Gasteiger partial charge in [-0.3, -0.25) is 4.57 Å². The molecule has 0 aliphatic rings. The second-order valence-electron chi connectivity index (χ2n) is 7.00. The van der Waals surface area contributed by atoms with E-state index in [-0.39, 0.29) is 30.6 Å². The molecule has 2 amide bonds. The molecular weight excluding hydrogens is 401 g/mol. The molecule has 0 saturated carbocycles. The minimum absolute atomic E-state index is 0.200. The maximum Gasteiger partial charge on any atom is 0.345 e. The molecule has 1 heterocycles. The lowest BCUT2D eigenvalue weighted by Crippen LogP contribution is -2.34. The van der Waals surface area contributed by atoms with Gasteiger partial charge in [-0.1, -0.05) is 13.3 Å². The fraction of sp³-hybridized carbons (Fsp3) is 0.318. The number of urea groups is 1. The molecule has 0 bridgehead atoms. The number of unbranched alkanes of at least 4 members (excludes halogenated alkanes) is 1. The highest BCUT2D eigenvalue weighted by Gasteiger charge is 2.12. The lowest BCUT2D eigenvalue weighted by molar-refractivity contribution is 0.251. The number of aromatic nitrogens is 3. The average Bonchev–Trinajstić information content (AvgIpc) is 3.04. The quantitative estimate of drug-likeness (QED) is 0.512. The minimum Gasteiger partial charge on any atom is -0.494 e. The van der Waals surface area contributed by atoms with Gasteiger partial charge >= 0.3 is 11.7 Å². The highest BCUT2D eigenvalue weighted by molar-refractivity contribution is 5.89. The number of benzene rings is 2. The fourth-order valence-electron chi connectivity index (χ4n) is 2.90. The predicted molar refractivity (Wildman–Crippen MR) is 117 cm³/mol. The van der Waals surface area contributed by atoms with Crippen LogP contribution in [-0.4, -0.2) is 33.5 Å². The van der Waals surface area contributed by atoms with E-state index >= 15 is 0 Å². The number of hydrogen-bond donors (Lipinski definition) is 2. The first-order chi connectivity index (χ1) is 15.0. The van der Waals surface area contributed by atoms with Gasteiger partial charge in [-0.2, -0.15) is 0 Å². The molecule has 0 saturated heterocycles. The van der Waals surface area contributed by atoms with Crippen LogP contribution in [0.4, 0.5) is 14.9 Å². The number of halogens is 1. The average molecular weight is 427 g/mol. The van der Waals surface area contributed by atoms with Gasteiger partial charge < -0.3 is 15.4 Å². The lowest BCUT2D eigenvalue weighted by atomic mass is 10.2. The molecule has 0 aliphatic carbocycles. The van der Waals surface area contributed by atoms with Crippen LogP contribution in [0.3, 0.4) is 0 Å². The largest absolute Gasteiger partial charge is 0.494 e. The SMILES string of the molecule is CCCCOc1ccc(NC(=O)NCCn2nc(-c3ccc(F)cc3)n(C)c2=O)cc1. The Hall–Kier alpha value is -3.62. The number of ether oxygens (including phenoxy) is 1. The van der Waals surface area contributed by atoms with Gasteiger partial charge in [-0.25, -0.2) is 18.7 Å². The monoisotopic (exact) mass is 427 g/mol. The summed E-state index contributed by atoms with van der Waals surface area (Å²) in [5.41, 5.74) is 0.946. The lowest BCUT2D eigenvalue weighted by Gasteiger charge is -2.09. The highest BCUT2D eigenvalue weighted by atomic mass is 19.1. The molecule has 0 unspecified atom stereocenters. The van der Waals surface area contributed by atoms with E-state index in [1.54, 1.807) is 43.4 Å². The zero-order chi connectivity index (χ0) is 22.2. The van der Waals surface area contributed by atoms with Gasteiger partial charge in [0.1, 0.15) is 11.6 Å². The third kappa shape index (κ3) is 5.94. The molecule has 2 aromatic carbocycles. The van der Waals surface area contributed by atoms with E-state index in [1.807, 2.05) is 0 Å². The van der Waals surface area contributed by atoms with Gasteiger partial charge in [0.15, 0.2) is 5.82 Å². The molecule has 0 radical (unpaired) electrons. The summed E-state index contributed by atoms with van der Waals surface area (Å²) < 4.78 is 21.4. The molecule has 2 N–H and O–H groups in total. The van der Waals surface area contributed by atoms with Gasteiger partial charge in [0, 0.05) is 24.8 Å². The fourth-order valence-corrected chi connectivity index (χ4v) is 2.90. The molecule has 0 atom stereocenters. The van der Waals surface area contributed by atoms with E-state index < -0.39 is 0 Å². The van der Waals surface area contributed by atoms with E-state index in [9.17, 15) is 14.0 Å². The maximum absolute atomic E-state index is 13.1. The van der Waals surface area contributed by atoms with E-state index in [2.05, 4.69) is 22.7 Å². The summed E-state index contributed by atoms with van der Waals surface area (Å²) in [6.07, 6.45) is 2.06. The predicted octanol–water partition coefficient (Wildman–Crippen LogP) is 3.39. The molecule has 164 valence electrons. The first-order valence-electron chi connectivity index (χ1n) is 10.2. The van der Waals surface area contributed by atoms with Gasteiger partial charge in [-0.15, -0.1) is 5.10 Å². The van der Waals surface area contributed by atoms with Crippen LogP contribution < -0.4 is 21.1 Å². The number of anilines is 1. The van der Waals surface area contributed by atoms with E-state index in [1.165, 1.54) is 21.4 Å². The Labute approximate surface area is 179 Å².